The predicted octanol–water partition coefficient (Wildman–Crippen LogP) is 4.89. The lowest BCUT2D eigenvalue weighted by Gasteiger charge is -2.30. The number of carboxylic acid groups (broad SMARTS) is 1. The van der Waals surface area contributed by atoms with Crippen molar-refractivity contribution in [2.24, 2.45) is 11.3 Å². The van der Waals surface area contributed by atoms with E-state index < -0.39 is 47.1 Å². The van der Waals surface area contributed by atoms with E-state index in [9.17, 15) is 19.5 Å². The molecule has 7 heteroatoms. The van der Waals surface area contributed by atoms with E-state index in [1.165, 1.54) is 11.1 Å². The highest BCUT2D eigenvalue weighted by Crippen LogP contribution is 2.32. The first-order chi connectivity index (χ1) is 16.8. The fraction of sp³-hybridized carbons (Fsp3) is 0.483. The number of cyclic esters (lactones) is 1. The molecular weight excluding hydrogens is 458 g/mol. The summed E-state index contributed by atoms with van der Waals surface area (Å²) in [5.41, 5.74) is 3.94. The van der Waals surface area contributed by atoms with Gasteiger partial charge in [0.05, 0.1) is 5.92 Å². The number of carboxylic acids is 1. The molecule has 1 aliphatic rings. The molecule has 1 fully saturated rings. The SMILES string of the molecule is Cc1ccccc1-c1ccc(CCC[C@@H](C(=O)N[C@H](C(=O)O)C(C)(C)C)[C@@H]2OC(C)(C)OC2=O)cc1. The van der Waals surface area contributed by atoms with Crippen molar-refractivity contribution in [1.29, 1.82) is 0 Å². The molecule has 2 aromatic rings. The maximum atomic E-state index is 13.3. The highest BCUT2D eigenvalue weighted by Gasteiger charge is 2.48. The Labute approximate surface area is 213 Å². The number of carbonyl (C=O) groups excluding carboxylic acids is 2. The molecule has 0 unspecified atom stereocenters. The second-order valence-corrected chi connectivity index (χ2v) is 11.0. The molecule has 1 heterocycles. The molecule has 0 aromatic heterocycles. The molecule has 3 rings (SSSR count). The smallest absolute Gasteiger partial charge is 0.338 e. The molecule has 1 amide bonds. The zero-order valence-electron chi connectivity index (χ0n) is 22.0. The van der Waals surface area contributed by atoms with Crippen LogP contribution in [0.5, 0.6) is 0 Å². The summed E-state index contributed by atoms with van der Waals surface area (Å²) in [7, 11) is 0. The number of aliphatic carboxylic acids is 1. The maximum Gasteiger partial charge on any atom is 0.338 e. The van der Waals surface area contributed by atoms with Crippen molar-refractivity contribution in [3.8, 4) is 11.1 Å². The van der Waals surface area contributed by atoms with E-state index in [0.717, 1.165) is 11.1 Å². The third kappa shape index (κ3) is 6.72. The number of carbonyl (C=O) groups is 3. The molecule has 0 spiro atoms. The van der Waals surface area contributed by atoms with Gasteiger partial charge in [-0.2, -0.15) is 0 Å². The monoisotopic (exact) mass is 495 g/mol. The summed E-state index contributed by atoms with van der Waals surface area (Å²) in [6, 6.07) is 15.4. The number of hydrogen-bond acceptors (Lipinski definition) is 5. The molecule has 1 aliphatic heterocycles. The van der Waals surface area contributed by atoms with E-state index in [-0.39, 0.29) is 0 Å². The third-order valence-electron chi connectivity index (χ3n) is 6.48. The molecule has 3 atom stereocenters. The summed E-state index contributed by atoms with van der Waals surface area (Å²) in [4.78, 5) is 37.6. The minimum absolute atomic E-state index is 0.345. The van der Waals surface area contributed by atoms with Crippen LogP contribution < -0.4 is 5.32 Å². The van der Waals surface area contributed by atoms with Crippen molar-refractivity contribution in [2.75, 3.05) is 0 Å². The Morgan fingerprint density at radius 3 is 2.25 bits per heavy atom. The summed E-state index contributed by atoms with van der Waals surface area (Å²) >= 11 is 0. The Morgan fingerprint density at radius 1 is 1.08 bits per heavy atom. The topological polar surface area (TPSA) is 102 Å². The summed E-state index contributed by atoms with van der Waals surface area (Å²) in [6.45, 7) is 10.5. The molecule has 2 aromatic carbocycles. The largest absolute Gasteiger partial charge is 0.480 e. The van der Waals surface area contributed by atoms with E-state index in [2.05, 4.69) is 48.6 Å². The summed E-state index contributed by atoms with van der Waals surface area (Å²) in [6.07, 6.45) is 0.572. The predicted molar refractivity (Wildman–Crippen MR) is 137 cm³/mol. The molecule has 0 saturated carbocycles. The van der Waals surface area contributed by atoms with Crippen LogP contribution in [0.25, 0.3) is 11.1 Å². The fourth-order valence-electron chi connectivity index (χ4n) is 4.52. The summed E-state index contributed by atoms with van der Waals surface area (Å²) in [5, 5.41) is 12.3. The normalized spacial score (nSPS) is 18.8. The van der Waals surface area contributed by atoms with E-state index >= 15 is 0 Å². The standard InChI is InChI=1S/C29H37NO6/c1-18-10-7-8-12-21(18)20-16-14-19(15-17-20)11-9-13-22(23-27(34)36-29(5,6)35-23)25(31)30-24(26(32)33)28(2,3)4/h7-8,10,12,14-17,22-24H,9,11,13H2,1-6H3,(H,30,31)(H,32,33)/t22-,23+,24-/m1/s1. The van der Waals surface area contributed by atoms with Gasteiger partial charge in [-0.1, -0.05) is 69.3 Å². The Morgan fingerprint density at radius 2 is 1.72 bits per heavy atom. The van der Waals surface area contributed by atoms with Crippen molar-refractivity contribution in [1.82, 2.24) is 5.32 Å². The highest BCUT2D eigenvalue weighted by atomic mass is 16.8. The van der Waals surface area contributed by atoms with Crippen LogP contribution in [0.1, 0.15) is 58.6 Å². The van der Waals surface area contributed by atoms with E-state index in [1.54, 1.807) is 34.6 Å². The van der Waals surface area contributed by atoms with Crippen molar-refractivity contribution in [3.63, 3.8) is 0 Å². The van der Waals surface area contributed by atoms with Gasteiger partial charge < -0.3 is 19.9 Å². The molecule has 194 valence electrons. The Hall–Kier alpha value is -3.19. The lowest BCUT2D eigenvalue weighted by molar-refractivity contribution is -0.162. The zero-order chi connectivity index (χ0) is 26.7. The average molecular weight is 496 g/mol. The van der Waals surface area contributed by atoms with Crippen LogP contribution in [0, 0.1) is 18.3 Å². The van der Waals surface area contributed by atoms with Gasteiger partial charge in [-0.3, -0.25) is 4.79 Å². The fourth-order valence-corrected chi connectivity index (χ4v) is 4.52. The quantitative estimate of drug-likeness (QED) is 0.480. The minimum atomic E-state index is -1.14. The van der Waals surface area contributed by atoms with Gasteiger partial charge in [0.25, 0.3) is 0 Å². The number of aryl methyl sites for hydroxylation is 2. The van der Waals surface area contributed by atoms with Crippen molar-refractivity contribution >= 4 is 17.8 Å². The van der Waals surface area contributed by atoms with Gasteiger partial charge in [-0.05, 0) is 53.9 Å². The first kappa shape index (κ1) is 27.4. The number of amides is 1. The summed E-state index contributed by atoms with van der Waals surface area (Å²) < 4.78 is 11.1. The number of benzene rings is 2. The average Bonchev–Trinajstić information content (AvgIpc) is 3.06. The molecule has 7 nitrogen and oxygen atoms in total. The minimum Gasteiger partial charge on any atom is -0.480 e. The number of rotatable bonds is 9. The molecule has 0 aliphatic carbocycles. The third-order valence-corrected chi connectivity index (χ3v) is 6.48. The van der Waals surface area contributed by atoms with E-state index in [1.807, 2.05) is 12.1 Å². The number of esters is 1. The molecule has 36 heavy (non-hydrogen) atoms. The zero-order valence-corrected chi connectivity index (χ0v) is 22.0. The van der Waals surface area contributed by atoms with Crippen LogP contribution in [0.2, 0.25) is 0 Å². The maximum absolute atomic E-state index is 13.3. The van der Waals surface area contributed by atoms with Gasteiger partial charge in [0.15, 0.2) is 6.10 Å². The first-order valence-electron chi connectivity index (χ1n) is 12.4. The van der Waals surface area contributed by atoms with Gasteiger partial charge in [0.1, 0.15) is 6.04 Å². The lowest BCUT2D eigenvalue weighted by Crippen LogP contribution is -2.52. The first-order valence-corrected chi connectivity index (χ1v) is 12.4. The van der Waals surface area contributed by atoms with E-state index in [4.69, 9.17) is 9.47 Å². The summed E-state index contributed by atoms with van der Waals surface area (Å²) in [5.74, 6) is -4.26. The highest BCUT2D eigenvalue weighted by molar-refractivity contribution is 5.90. The second-order valence-electron chi connectivity index (χ2n) is 11.0. The van der Waals surface area contributed by atoms with Gasteiger partial charge in [-0.15, -0.1) is 0 Å². The van der Waals surface area contributed by atoms with Gasteiger partial charge >= 0.3 is 11.9 Å². The Bertz CT molecular complexity index is 1100. The van der Waals surface area contributed by atoms with Gasteiger partial charge in [-0.25, -0.2) is 9.59 Å². The molecular formula is C29H37NO6. The van der Waals surface area contributed by atoms with Crippen molar-refractivity contribution < 1.29 is 29.0 Å². The molecule has 0 radical (unpaired) electrons. The van der Waals surface area contributed by atoms with Crippen molar-refractivity contribution in [3.05, 3.63) is 59.7 Å². The van der Waals surface area contributed by atoms with Crippen LogP contribution in [-0.2, 0) is 30.3 Å². The lowest BCUT2D eigenvalue weighted by atomic mass is 9.85. The second kappa shape index (κ2) is 10.8. The van der Waals surface area contributed by atoms with Crippen molar-refractivity contribution in [2.45, 2.75) is 78.7 Å². The number of nitrogens with one attached hydrogen (secondary N) is 1. The van der Waals surface area contributed by atoms with Crippen LogP contribution in [0.3, 0.4) is 0 Å². The van der Waals surface area contributed by atoms with Gasteiger partial charge in [0, 0.05) is 13.8 Å². The van der Waals surface area contributed by atoms with Crippen LogP contribution in [-0.4, -0.2) is 40.9 Å². The van der Waals surface area contributed by atoms with Crippen LogP contribution in [0.4, 0.5) is 0 Å². The Kier molecular flexibility index (Phi) is 8.24. The van der Waals surface area contributed by atoms with Gasteiger partial charge in [0.2, 0.25) is 11.7 Å². The molecule has 0 bridgehead atoms. The van der Waals surface area contributed by atoms with E-state index in [0.29, 0.717) is 19.3 Å². The molecule has 1 saturated heterocycles. The Balaban J connectivity index is 1.72. The molecule has 2 N–H and O–H groups in total. The van der Waals surface area contributed by atoms with Crippen LogP contribution in [0.15, 0.2) is 48.5 Å². The number of hydrogen-bond donors (Lipinski definition) is 2. The van der Waals surface area contributed by atoms with Crippen LogP contribution >= 0.6 is 0 Å². The number of ether oxygens (including phenoxy) is 2.